The van der Waals surface area contributed by atoms with Gasteiger partial charge in [-0.1, -0.05) is 12.1 Å². The van der Waals surface area contributed by atoms with E-state index in [1.54, 1.807) is 23.2 Å². The van der Waals surface area contributed by atoms with Crippen LogP contribution in [0.1, 0.15) is 17.0 Å². The van der Waals surface area contributed by atoms with Crippen LogP contribution in [-0.2, 0) is 6.18 Å². The molecule has 100 valence electrons. The minimum absolute atomic E-state index is 0.0131. The number of nitrogens with zero attached hydrogens (tertiary/aromatic N) is 1. The van der Waals surface area contributed by atoms with Gasteiger partial charge in [-0.2, -0.15) is 13.2 Å². The van der Waals surface area contributed by atoms with Crippen LogP contribution in [0.2, 0.25) is 0 Å². The van der Waals surface area contributed by atoms with Gasteiger partial charge in [-0.05, 0) is 31.0 Å². The summed E-state index contributed by atoms with van der Waals surface area (Å²) in [6, 6.07) is 6.18. The number of aromatic amines is 1. The number of rotatable bonds is 1. The van der Waals surface area contributed by atoms with Crippen molar-refractivity contribution in [2.75, 3.05) is 0 Å². The van der Waals surface area contributed by atoms with Crippen molar-refractivity contribution >= 4 is 0 Å². The molecule has 0 atom stereocenters. The van der Waals surface area contributed by atoms with Crippen LogP contribution < -0.4 is 5.56 Å². The van der Waals surface area contributed by atoms with Crippen molar-refractivity contribution in [1.29, 1.82) is 0 Å². The molecule has 1 aromatic heterocycles. The molecule has 0 aliphatic rings. The van der Waals surface area contributed by atoms with Crippen LogP contribution in [0, 0.1) is 13.8 Å². The van der Waals surface area contributed by atoms with Crippen LogP contribution in [-0.4, -0.2) is 9.97 Å². The van der Waals surface area contributed by atoms with E-state index in [0.29, 0.717) is 5.56 Å². The molecule has 0 amide bonds. The Balaban J connectivity index is 2.59. The Morgan fingerprint density at radius 1 is 1.11 bits per heavy atom. The van der Waals surface area contributed by atoms with Gasteiger partial charge in [0.25, 0.3) is 5.56 Å². The van der Waals surface area contributed by atoms with E-state index in [2.05, 4.69) is 4.98 Å². The molecule has 19 heavy (non-hydrogen) atoms. The summed E-state index contributed by atoms with van der Waals surface area (Å²) in [5.41, 5.74) is 1.62. The van der Waals surface area contributed by atoms with Crippen molar-refractivity contribution in [3.63, 3.8) is 0 Å². The highest BCUT2D eigenvalue weighted by atomic mass is 19.4. The van der Waals surface area contributed by atoms with E-state index in [1.165, 1.54) is 0 Å². The van der Waals surface area contributed by atoms with Gasteiger partial charge < -0.3 is 4.98 Å². The second-order valence-corrected chi connectivity index (χ2v) is 4.28. The van der Waals surface area contributed by atoms with Crippen molar-refractivity contribution in [2.45, 2.75) is 20.0 Å². The van der Waals surface area contributed by atoms with Crippen LogP contribution >= 0.6 is 0 Å². The van der Waals surface area contributed by atoms with Crippen molar-refractivity contribution in [2.24, 2.45) is 0 Å². The lowest BCUT2D eigenvalue weighted by atomic mass is 10.0. The number of aromatic nitrogens is 2. The fraction of sp³-hybridized carbons (Fsp3) is 0.231. The molecule has 0 bridgehead atoms. The molecule has 0 spiro atoms. The van der Waals surface area contributed by atoms with Crippen LogP contribution in [0.25, 0.3) is 11.3 Å². The molecule has 2 rings (SSSR count). The summed E-state index contributed by atoms with van der Waals surface area (Å²) in [6.07, 6.45) is -4.67. The normalized spacial score (nSPS) is 11.6. The van der Waals surface area contributed by atoms with Gasteiger partial charge in [-0.3, -0.25) is 4.79 Å². The highest BCUT2D eigenvalue weighted by Crippen LogP contribution is 2.27. The van der Waals surface area contributed by atoms with E-state index in [9.17, 15) is 18.0 Å². The number of hydrogen-bond donors (Lipinski definition) is 1. The fourth-order valence-corrected chi connectivity index (χ4v) is 1.64. The second kappa shape index (κ2) is 4.53. The zero-order valence-corrected chi connectivity index (χ0v) is 10.3. The van der Waals surface area contributed by atoms with Crippen LogP contribution in [0.5, 0.6) is 0 Å². The standard InChI is InChI=1S/C13H11F3N2O/c1-7-3-4-9(5-8(7)2)10-6-11(19)18-12(17-10)13(14,15)16/h3-6H,1-2H3,(H,17,18,19). The van der Waals surface area contributed by atoms with Crippen LogP contribution in [0.4, 0.5) is 13.2 Å². The summed E-state index contributed by atoms with van der Waals surface area (Å²) in [6.45, 7) is 3.74. The van der Waals surface area contributed by atoms with Crippen molar-refractivity contribution in [1.82, 2.24) is 9.97 Å². The number of benzene rings is 1. The quantitative estimate of drug-likeness (QED) is 0.863. The summed E-state index contributed by atoms with van der Waals surface area (Å²) < 4.78 is 37.7. The Morgan fingerprint density at radius 3 is 2.37 bits per heavy atom. The molecule has 1 N–H and O–H groups in total. The zero-order valence-electron chi connectivity index (χ0n) is 10.3. The maximum Gasteiger partial charge on any atom is 0.449 e. The first-order valence-corrected chi connectivity index (χ1v) is 5.53. The highest BCUT2D eigenvalue weighted by Gasteiger charge is 2.34. The van der Waals surface area contributed by atoms with Crippen molar-refractivity contribution < 1.29 is 13.2 Å². The van der Waals surface area contributed by atoms with Gasteiger partial charge >= 0.3 is 6.18 Å². The van der Waals surface area contributed by atoms with Crippen molar-refractivity contribution in [3.05, 3.63) is 51.6 Å². The Bertz CT molecular complexity index is 674. The average Bonchev–Trinajstić information content (AvgIpc) is 2.31. The molecule has 0 radical (unpaired) electrons. The van der Waals surface area contributed by atoms with Gasteiger partial charge in [0.2, 0.25) is 5.82 Å². The smallest absolute Gasteiger partial charge is 0.303 e. The third kappa shape index (κ3) is 2.83. The monoisotopic (exact) mass is 268 g/mol. The Labute approximate surface area is 107 Å². The molecule has 1 heterocycles. The summed E-state index contributed by atoms with van der Waals surface area (Å²) >= 11 is 0. The molecular weight excluding hydrogens is 257 g/mol. The third-order valence-corrected chi connectivity index (χ3v) is 2.81. The van der Waals surface area contributed by atoms with E-state index in [1.807, 2.05) is 13.8 Å². The van der Waals surface area contributed by atoms with E-state index in [4.69, 9.17) is 0 Å². The number of H-pyrrole nitrogens is 1. The van der Waals surface area contributed by atoms with Gasteiger partial charge in [-0.25, -0.2) is 4.98 Å². The Hall–Kier alpha value is -2.11. The Morgan fingerprint density at radius 2 is 1.79 bits per heavy atom. The lowest BCUT2D eigenvalue weighted by Gasteiger charge is -2.08. The number of nitrogens with one attached hydrogen (secondary N) is 1. The second-order valence-electron chi connectivity index (χ2n) is 4.28. The van der Waals surface area contributed by atoms with Crippen LogP contribution in [0.3, 0.4) is 0 Å². The SMILES string of the molecule is Cc1ccc(-c2cc(=O)[nH]c(C(F)(F)F)n2)cc1C. The number of aryl methyl sites for hydroxylation is 2. The first kappa shape index (κ1) is 13.3. The molecule has 0 unspecified atom stereocenters. The maximum absolute atomic E-state index is 12.6. The first-order valence-electron chi connectivity index (χ1n) is 5.53. The maximum atomic E-state index is 12.6. The molecule has 1 aromatic carbocycles. The van der Waals surface area contributed by atoms with E-state index in [-0.39, 0.29) is 5.69 Å². The van der Waals surface area contributed by atoms with Gasteiger partial charge in [0.05, 0.1) is 5.69 Å². The van der Waals surface area contributed by atoms with Gasteiger partial charge in [-0.15, -0.1) is 0 Å². The molecule has 3 nitrogen and oxygen atoms in total. The molecule has 6 heteroatoms. The lowest BCUT2D eigenvalue weighted by Crippen LogP contribution is -2.18. The summed E-state index contributed by atoms with van der Waals surface area (Å²) in [7, 11) is 0. The third-order valence-electron chi connectivity index (χ3n) is 2.81. The van der Waals surface area contributed by atoms with Gasteiger partial charge in [0, 0.05) is 11.6 Å². The Kier molecular flexibility index (Phi) is 3.18. The first-order chi connectivity index (χ1) is 8.77. The topological polar surface area (TPSA) is 45.8 Å². The zero-order chi connectivity index (χ0) is 14.2. The summed E-state index contributed by atoms with van der Waals surface area (Å²) in [5.74, 6) is -1.28. The lowest BCUT2D eigenvalue weighted by molar-refractivity contribution is -0.145. The fourth-order valence-electron chi connectivity index (χ4n) is 1.64. The summed E-state index contributed by atoms with van der Waals surface area (Å²) in [5, 5.41) is 0. The molecule has 2 aromatic rings. The molecule has 0 aliphatic heterocycles. The molecule has 0 fully saturated rings. The molecule has 0 saturated carbocycles. The molecule has 0 saturated heterocycles. The van der Waals surface area contributed by atoms with Gasteiger partial charge in [0.15, 0.2) is 0 Å². The minimum atomic E-state index is -4.67. The van der Waals surface area contributed by atoms with E-state index >= 15 is 0 Å². The number of hydrogen-bond acceptors (Lipinski definition) is 2. The average molecular weight is 268 g/mol. The number of alkyl halides is 3. The summed E-state index contributed by atoms with van der Waals surface area (Å²) in [4.78, 5) is 16.4. The van der Waals surface area contributed by atoms with Crippen LogP contribution in [0.15, 0.2) is 29.1 Å². The van der Waals surface area contributed by atoms with E-state index < -0.39 is 17.6 Å². The molecule has 0 aliphatic carbocycles. The van der Waals surface area contributed by atoms with E-state index in [0.717, 1.165) is 17.2 Å². The predicted octanol–water partition coefficient (Wildman–Crippen LogP) is 3.07. The predicted molar refractivity (Wildman–Crippen MR) is 64.8 cm³/mol. The number of halogens is 3. The van der Waals surface area contributed by atoms with Gasteiger partial charge in [0.1, 0.15) is 0 Å². The van der Waals surface area contributed by atoms with Crippen molar-refractivity contribution in [3.8, 4) is 11.3 Å². The minimum Gasteiger partial charge on any atom is -0.303 e. The molecular formula is C13H11F3N2O. The highest BCUT2D eigenvalue weighted by molar-refractivity contribution is 5.60. The largest absolute Gasteiger partial charge is 0.449 e.